The summed E-state index contributed by atoms with van der Waals surface area (Å²) in [5.74, 6) is 1.45. The summed E-state index contributed by atoms with van der Waals surface area (Å²) in [6, 6.07) is 5.22. The molecule has 1 atom stereocenters. The zero-order valence-corrected chi connectivity index (χ0v) is 9.34. The minimum Gasteiger partial charge on any atom is -0.493 e. The quantitative estimate of drug-likeness (QED) is 0.739. The lowest BCUT2D eigenvalue weighted by atomic mass is 10.3. The van der Waals surface area contributed by atoms with Crippen LogP contribution in [0.15, 0.2) is 18.2 Å². The van der Waals surface area contributed by atoms with Gasteiger partial charge < -0.3 is 24.4 Å². The average molecular weight is 228 g/mol. The van der Waals surface area contributed by atoms with E-state index in [9.17, 15) is 5.11 Å². The Bertz CT molecular complexity index is 304. The van der Waals surface area contributed by atoms with Crippen LogP contribution >= 0.6 is 0 Å². The van der Waals surface area contributed by atoms with Crippen molar-refractivity contribution in [1.29, 1.82) is 0 Å². The fourth-order valence-electron chi connectivity index (χ4n) is 1.19. The first-order valence-electron chi connectivity index (χ1n) is 4.85. The van der Waals surface area contributed by atoms with Crippen LogP contribution < -0.4 is 14.2 Å². The zero-order valence-electron chi connectivity index (χ0n) is 9.34. The van der Waals surface area contributed by atoms with Gasteiger partial charge in [-0.3, -0.25) is 0 Å². The third-order valence-corrected chi connectivity index (χ3v) is 2.01. The molecule has 0 aliphatic carbocycles. The highest BCUT2D eigenvalue weighted by molar-refractivity contribution is 5.51. The van der Waals surface area contributed by atoms with E-state index in [-0.39, 0.29) is 13.2 Å². The van der Waals surface area contributed by atoms with Crippen LogP contribution in [-0.4, -0.2) is 43.8 Å². The topological polar surface area (TPSA) is 68.2 Å². The van der Waals surface area contributed by atoms with Crippen LogP contribution in [0.2, 0.25) is 0 Å². The standard InChI is InChI=1S/C11H16O5/c1-14-9-4-3-5-10(15-2)11(9)16-7-8(13)6-12/h3-5,8,12-13H,6-7H2,1-2H3/t8-/m0/s1. The monoisotopic (exact) mass is 228 g/mol. The van der Waals surface area contributed by atoms with Crippen LogP contribution in [0.3, 0.4) is 0 Å². The van der Waals surface area contributed by atoms with Crippen molar-refractivity contribution in [1.82, 2.24) is 0 Å². The van der Waals surface area contributed by atoms with Gasteiger partial charge in [-0.1, -0.05) is 6.07 Å². The van der Waals surface area contributed by atoms with Gasteiger partial charge in [-0.05, 0) is 12.1 Å². The normalized spacial score (nSPS) is 12.0. The molecule has 1 rings (SSSR count). The number of rotatable bonds is 6. The number of aliphatic hydroxyl groups excluding tert-OH is 2. The number of hydrogen-bond acceptors (Lipinski definition) is 5. The van der Waals surface area contributed by atoms with Gasteiger partial charge in [0.25, 0.3) is 0 Å². The molecule has 1 aromatic rings. The molecule has 2 N–H and O–H groups in total. The fraction of sp³-hybridized carbons (Fsp3) is 0.455. The molecule has 0 saturated carbocycles. The first-order chi connectivity index (χ1) is 7.72. The van der Waals surface area contributed by atoms with Crippen molar-refractivity contribution < 1.29 is 24.4 Å². The summed E-state index contributed by atoms with van der Waals surface area (Å²) in [6.07, 6.45) is -0.922. The van der Waals surface area contributed by atoms with Crippen molar-refractivity contribution in [2.45, 2.75) is 6.10 Å². The van der Waals surface area contributed by atoms with E-state index >= 15 is 0 Å². The summed E-state index contributed by atoms with van der Waals surface area (Å²) < 4.78 is 15.6. The van der Waals surface area contributed by atoms with E-state index in [2.05, 4.69) is 0 Å². The first kappa shape index (κ1) is 12.6. The van der Waals surface area contributed by atoms with Gasteiger partial charge in [-0.25, -0.2) is 0 Å². The Morgan fingerprint density at radius 2 is 1.75 bits per heavy atom. The molecule has 5 heteroatoms. The van der Waals surface area contributed by atoms with Gasteiger partial charge in [0.1, 0.15) is 12.7 Å². The Morgan fingerprint density at radius 3 is 2.19 bits per heavy atom. The van der Waals surface area contributed by atoms with Crippen LogP contribution in [0, 0.1) is 0 Å². The van der Waals surface area contributed by atoms with Crippen molar-refractivity contribution in [2.24, 2.45) is 0 Å². The first-order valence-corrected chi connectivity index (χ1v) is 4.85. The highest BCUT2D eigenvalue weighted by Gasteiger charge is 2.12. The third-order valence-electron chi connectivity index (χ3n) is 2.01. The van der Waals surface area contributed by atoms with Crippen molar-refractivity contribution in [3.8, 4) is 17.2 Å². The molecule has 0 aliphatic rings. The smallest absolute Gasteiger partial charge is 0.203 e. The maximum Gasteiger partial charge on any atom is 0.203 e. The molecular formula is C11H16O5. The molecule has 5 nitrogen and oxygen atoms in total. The van der Waals surface area contributed by atoms with Crippen molar-refractivity contribution in [3.63, 3.8) is 0 Å². The maximum absolute atomic E-state index is 9.19. The predicted molar refractivity (Wildman–Crippen MR) is 58.1 cm³/mol. The summed E-state index contributed by atoms with van der Waals surface area (Å²) in [5, 5.41) is 17.9. The molecule has 0 heterocycles. The Kier molecular flexibility index (Phi) is 4.88. The van der Waals surface area contributed by atoms with Crippen molar-refractivity contribution >= 4 is 0 Å². The molecule has 90 valence electrons. The molecule has 0 bridgehead atoms. The second-order valence-electron chi connectivity index (χ2n) is 3.14. The maximum atomic E-state index is 9.19. The minimum atomic E-state index is -0.922. The average Bonchev–Trinajstić information content (AvgIpc) is 2.35. The zero-order chi connectivity index (χ0) is 12.0. The number of benzene rings is 1. The number of methoxy groups -OCH3 is 2. The molecule has 0 saturated heterocycles. The van der Waals surface area contributed by atoms with E-state index in [0.717, 1.165) is 0 Å². The van der Waals surface area contributed by atoms with Gasteiger partial charge >= 0.3 is 0 Å². The number of para-hydroxylation sites is 1. The lowest BCUT2D eigenvalue weighted by molar-refractivity contribution is 0.0518. The summed E-state index contributed by atoms with van der Waals surface area (Å²) in [4.78, 5) is 0. The highest BCUT2D eigenvalue weighted by Crippen LogP contribution is 2.36. The molecular weight excluding hydrogens is 212 g/mol. The number of hydrogen-bond donors (Lipinski definition) is 2. The van der Waals surface area contributed by atoms with Crippen LogP contribution in [0.1, 0.15) is 0 Å². The van der Waals surface area contributed by atoms with E-state index < -0.39 is 6.10 Å². The molecule has 0 spiro atoms. The second-order valence-corrected chi connectivity index (χ2v) is 3.14. The Balaban J connectivity index is 2.82. The van der Waals surface area contributed by atoms with Crippen LogP contribution in [0.5, 0.6) is 17.2 Å². The molecule has 0 radical (unpaired) electrons. The lowest BCUT2D eigenvalue weighted by Gasteiger charge is -2.15. The number of aliphatic hydroxyl groups is 2. The van der Waals surface area contributed by atoms with Crippen molar-refractivity contribution in [3.05, 3.63) is 18.2 Å². The predicted octanol–water partition coefficient (Wildman–Crippen LogP) is 0.436. The van der Waals surface area contributed by atoms with Crippen LogP contribution in [-0.2, 0) is 0 Å². The van der Waals surface area contributed by atoms with Crippen molar-refractivity contribution in [2.75, 3.05) is 27.4 Å². The van der Waals surface area contributed by atoms with Crippen LogP contribution in [0.4, 0.5) is 0 Å². The lowest BCUT2D eigenvalue weighted by Crippen LogP contribution is -2.21. The Labute approximate surface area is 94.2 Å². The molecule has 16 heavy (non-hydrogen) atoms. The molecule has 0 amide bonds. The molecule has 0 aliphatic heterocycles. The molecule has 0 aromatic heterocycles. The Morgan fingerprint density at radius 1 is 1.19 bits per heavy atom. The second kappa shape index (κ2) is 6.19. The number of ether oxygens (including phenoxy) is 3. The summed E-state index contributed by atoms with van der Waals surface area (Å²) in [6.45, 7) is -0.370. The molecule has 1 aromatic carbocycles. The van der Waals surface area contributed by atoms with E-state index in [1.165, 1.54) is 14.2 Å². The Hall–Kier alpha value is -1.46. The van der Waals surface area contributed by atoms with Gasteiger partial charge in [0, 0.05) is 0 Å². The van der Waals surface area contributed by atoms with E-state index in [4.69, 9.17) is 19.3 Å². The largest absolute Gasteiger partial charge is 0.493 e. The molecule has 0 fully saturated rings. The van der Waals surface area contributed by atoms with E-state index in [0.29, 0.717) is 17.2 Å². The van der Waals surface area contributed by atoms with Gasteiger partial charge in [-0.2, -0.15) is 0 Å². The summed E-state index contributed by atoms with van der Waals surface area (Å²) >= 11 is 0. The highest BCUT2D eigenvalue weighted by atomic mass is 16.5. The van der Waals surface area contributed by atoms with Gasteiger partial charge in [0.05, 0.1) is 20.8 Å². The minimum absolute atomic E-state index is 0.0206. The van der Waals surface area contributed by atoms with Crippen LogP contribution in [0.25, 0.3) is 0 Å². The SMILES string of the molecule is COc1cccc(OC)c1OC[C@@H](O)CO. The van der Waals surface area contributed by atoms with E-state index in [1.807, 2.05) is 0 Å². The van der Waals surface area contributed by atoms with Gasteiger partial charge in [0.2, 0.25) is 5.75 Å². The van der Waals surface area contributed by atoms with Gasteiger partial charge in [-0.15, -0.1) is 0 Å². The molecule has 0 unspecified atom stereocenters. The van der Waals surface area contributed by atoms with E-state index in [1.54, 1.807) is 18.2 Å². The third kappa shape index (κ3) is 3.01. The van der Waals surface area contributed by atoms with Gasteiger partial charge in [0.15, 0.2) is 11.5 Å². The summed E-state index contributed by atoms with van der Waals surface area (Å²) in [7, 11) is 3.04. The summed E-state index contributed by atoms with van der Waals surface area (Å²) in [5.41, 5.74) is 0. The fourth-order valence-corrected chi connectivity index (χ4v) is 1.19.